The molecule has 0 spiro atoms. The largest absolute Gasteiger partial charge is 0.489 e. The molecule has 0 bridgehead atoms. The number of carbonyl (C=O) groups excluding carboxylic acids is 3. The van der Waals surface area contributed by atoms with E-state index in [9.17, 15) is 14.4 Å². The van der Waals surface area contributed by atoms with Crippen LogP contribution in [0.15, 0.2) is 42.5 Å². The molecule has 3 amide bonds. The minimum Gasteiger partial charge on any atom is -0.489 e. The molecule has 2 aromatic rings. The molecule has 33 heavy (non-hydrogen) atoms. The molecule has 2 aromatic carbocycles. The number of hydrogen-bond donors (Lipinski definition) is 1. The number of carbonyl (C=O) groups is 3. The molecule has 8 heteroatoms. The molecule has 172 valence electrons. The summed E-state index contributed by atoms with van der Waals surface area (Å²) in [4.78, 5) is 40.0. The van der Waals surface area contributed by atoms with Crippen molar-refractivity contribution in [3.05, 3.63) is 64.7 Å². The van der Waals surface area contributed by atoms with Crippen LogP contribution >= 0.6 is 0 Å². The number of imide groups is 1. The SMILES string of the molecule is [2H]C([2H])(c1ccc(COc2cccc3c2CN([C@H]2CCC(=O)NC2=O)C3=O)cc1)N1CCOCC1. The van der Waals surface area contributed by atoms with E-state index in [4.69, 9.17) is 12.2 Å². The van der Waals surface area contributed by atoms with Gasteiger partial charge >= 0.3 is 0 Å². The molecule has 3 aliphatic heterocycles. The van der Waals surface area contributed by atoms with E-state index < -0.39 is 18.4 Å². The van der Waals surface area contributed by atoms with Gasteiger partial charge in [0, 0.05) is 39.9 Å². The first-order valence-corrected chi connectivity index (χ1v) is 11.2. The van der Waals surface area contributed by atoms with Crippen LogP contribution in [-0.2, 0) is 34.0 Å². The number of nitrogens with zero attached hydrogens (tertiary/aromatic N) is 2. The Hall–Kier alpha value is -3.23. The number of ether oxygens (including phenoxy) is 2. The van der Waals surface area contributed by atoms with Crippen molar-refractivity contribution in [2.24, 2.45) is 0 Å². The highest BCUT2D eigenvalue weighted by Gasteiger charge is 2.40. The van der Waals surface area contributed by atoms with Gasteiger partial charge in [0.1, 0.15) is 18.4 Å². The highest BCUT2D eigenvalue weighted by Crippen LogP contribution is 2.34. The van der Waals surface area contributed by atoms with Crippen molar-refractivity contribution in [1.29, 1.82) is 0 Å². The van der Waals surface area contributed by atoms with Crippen molar-refractivity contribution in [3.63, 3.8) is 0 Å². The van der Waals surface area contributed by atoms with Gasteiger partial charge in [-0.3, -0.25) is 24.6 Å². The summed E-state index contributed by atoms with van der Waals surface area (Å²) in [5, 5.41) is 2.31. The normalized spacial score (nSPS) is 22.5. The fraction of sp³-hybridized carbons (Fsp3) is 0.400. The van der Waals surface area contributed by atoms with Crippen LogP contribution in [0.3, 0.4) is 0 Å². The van der Waals surface area contributed by atoms with Crippen LogP contribution < -0.4 is 10.1 Å². The number of rotatable bonds is 6. The summed E-state index contributed by atoms with van der Waals surface area (Å²) in [5.41, 5.74) is 2.67. The third kappa shape index (κ3) is 4.62. The first kappa shape index (κ1) is 19.3. The van der Waals surface area contributed by atoms with E-state index in [2.05, 4.69) is 5.32 Å². The topological polar surface area (TPSA) is 88.2 Å². The molecule has 8 nitrogen and oxygen atoms in total. The Balaban J connectivity index is 1.26. The van der Waals surface area contributed by atoms with Crippen molar-refractivity contribution < 1.29 is 26.6 Å². The van der Waals surface area contributed by atoms with Gasteiger partial charge in [0.05, 0.1) is 19.8 Å². The molecule has 5 rings (SSSR count). The fourth-order valence-electron chi connectivity index (χ4n) is 4.39. The Morgan fingerprint density at radius 3 is 2.58 bits per heavy atom. The molecular formula is C25H27N3O5. The number of amides is 3. The van der Waals surface area contributed by atoms with Gasteiger partial charge in [-0.25, -0.2) is 0 Å². The maximum Gasteiger partial charge on any atom is 0.255 e. The van der Waals surface area contributed by atoms with E-state index in [1.165, 1.54) is 4.90 Å². The van der Waals surface area contributed by atoms with Crippen LogP contribution in [0.5, 0.6) is 5.75 Å². The van der Waals surface area contributed by atoms with Crippen molar-refractivity contribution in [1.82, 2.24) is 15.1 Å². The van der Waals surface area contributed by atoms with Crippen molar-refractivity contribution in [3.8, 4) is 5.75 Å². The zero-order valence-corrected chi connectivity index (χ0v) is 18.2. The van der Waals surface area contributed by atoms with Crippen molar-refractivity contribution in [2.75, 3.05) is 26.3 Å². The van der Waals surface area contributed by atoms with Crippen LogP contribution in [0.4, 0.5) is 0 Å². The first-order valence-electron chi connectivity index (χ1n) is 12.2. The molecule has 1 atom stereocenters. The standard InChI is InChI=1S/C25H27N3O5/c29-23-9-8-21(24(30)26-23)28-15-20-19(25(28)31)2-1-3-22(20)33-16-18-6-4-17(5-7-18)14-27-10-12-32-13-11-27/h1-7,21H,8-16H2,(H,26,29,30)/t21-/m0/s1/i14D2. The van der Waals surface area contributed by atoms with Gasteiger partial charge in [-0.15, -0.1) is 0 Å². The number of hydrogen-bond acceptors (Lipinski definition) is 6. The zero-order valence-electron chi connectivity index (χ0n) is 20.2. The molecule has 1 N–H and O–H groups in total. The van der Waals surface area contributed by atoms with E-state index in [1.54, 1.807) is 35.2 Å². The van der Waals surface area contributed by atoms with Crippen LogP contribution in [0.2, 0.25) is 0 Å². The molecule has 0 aliphatic carbocycles. The average molecular weight is 452 g/mol. The third-order valence-corrected chi connectivity index (χ3v) is 6.19. The predicted molar refractivity (Wildman–Crippen MR) is 119 cm³/mol. The molecular weight excluding hydrogens is 422 g/mol. The minimum absolute atomic E-state index is 0.208. The molecule has 3 aliphatic rings. The Kier molecular flexibility index (Phi) is 5.44. The summed E-state index contributed by atoms with van der Waals surface area (Å²) in [6, 6.07) is 11.8. The molecule has 2 fully saturated rings. The van der Waals surface area contributed by atoms with E-state index >= 15 is 0 Å². The molecule has 0 radical (unpaired) electrons. The molecule has 0 saturated carbocycles. The summed E-state index contributed by atoms with van der Waals surface area (Å²) in [5.74, 6) is -0.432. The lowest BCUT2D eigenvalue weighted by Gasteiger charge is -2.29. The number of fused-ring (bicyclic) bond motifs is 1. The molecule has 3 heterocycles. The van der Waals surface area contributed by atoms with Crippen LogP contribution in [-0.4, -0.2) is 59.9 Å². The second kappa shape index (κ2) is 9.33. The highest BCUT2D eigenvalue weighted by atomic mass is 16.5. The van der Waals surface area contributed by atoms with Gasteiger partial charge in [0.2, 0.25) is 11.8 Å². The number of morpholine rings is 1. The van der Waals surface area contributed by atoms with Gasteiger partial charge in [0.15, 0.2) is 0 Å². The third-order valence-electron chi connectivity index (χ3n) is 6.19. The maximum atomic E-state index is 13.0. The summed E-state index contributed by atoms with van der Waals surface area (Å²) in [6.45, 7) is 1.06. The molecule has 0 unspecified atom stereocenters. The van der Waals surface area contributed by atoms with E-state index in [0.29, 0.717) is 49.6 Å². The second-order valence-electron chi connectivity index (χ2n) is 8.38. The van der Waals surface area contributed by atoms with Crippen LogP contribution in [0.25, 0.3) is 0 Å². The minimum atomic E-state index is -1.58. The Labute approximate surface area is 195 Å². The number of piperidine rings is 1. The number of nitrogens with one attached hydrogen (secondary N) is 1. The van der Waals surface area contributed by atoms with Gasteiger partial charge in [-0.1, -0.05) is 30.3 Å². The highest BCUT2D eigenvalue weighted by molar-refractivity contribution is 6.05. The smallest absolute Gasteiger partial charge is 0.255 e. The van der Waals surface area contributed by atoms with E-state index in [-0.39, 0.29) is 31.4 Å². The summed E-state index contributed by atoms with van der Waals surface area (Å²) in [6.07, 6.45) is 0.518. The summed E-state index contributed by atoms with van der Waals surface area (Å²) in [7, 11) is 0. The van der Waals surface area contributed by atoms with Gasteiger partial charge in [0.25, 0.3) is 5.91 Å². The lowest BCUT2D eigenvalue weighted by atomic mass is 10.0. The van der Waals surface area contributed by atoms with Gasteiger partial charge in [-0.2, -0.15) is 0 Å². The van der Waals surface area contributed by atoms with Crippen molar-refractivity contribution >= 4 is 17.7 Å². The zero-order chi connectivity index (χ0) is 24.6. The monoisotopic (exact) mass is 451 g/mol. The summed E-state index contributed by atoms with van der Waals surface area (Å²) >= 11 is 0. The predicted octanol–water partition coefficient (Wildman–Crippen LogP) is 1.86. The lowest BCUT2D eigenvalue weighted by Crippen LogP contribution is -2.52. The second-order valence-corrected chi connectivity index (χ2v) is 8.38. The van der Waals surface area contributed by atoms with Gasteiger partial charge in [-0.05, 0) is 29.7 Å². The Morgan fingerprint density at radius 1 is 1.06 bits per heavy atom. The van der Waals surface area contributed by atoms with Crippen LogP contribution in [0.1, 0.15) is 42.6 Å². The average Bonchev–Trinajstić information content (AvgIpc) is 3.20. The van der Waals surface area contributed by atoms with Crippen LogP contribution in [0, 0.1) is 0 Å². The first-order chi connectivity index (χ1) is 16.8. The Morgan fingerprint density at radius 2 is 1.82 bits per heavy atom. The van der Waals surface area contributed by atoms with Crippen molar-refractivity contribution in [2.45, 2.75) is 38.5 Å². The Bertz CT molecular complexity index is 1150. The quantitative estimate of drug-likeness (QED) is 0.675. The van der Waals surface area contributed by atoms with Gasteiger partial charge < -0.3 is 14.4 Å². The summed E-state index contributed by atoms with van der Waals surface area (Å²) < 4.78 is 28.4. The number of benzene rings is 2. The molecule has 2 saturated heterocycles. The fourth-order valence-corrected chi connectivity index (χ4v) is 4.39. The maximum absolute atomic E-state index is 13.0. The lowest BCUT2D eigenvalue weighted by molar-refractivity contribution is -0.136. The molecule has 0 aromatic heterocycles. The van der Waals surface area contributed by atoms with E-state index in [1.807, 2.05) is 12.1 Å². The van der Waals surface area contributed by atoms with E-state index in [0.717, 1.165) is 11.1 Å².